The third-order valence-electron chi connectivity index (χ3n) is 5.44. The molecule has 4 fully saturated rings. The molecule has 0 spiro atoms. The molecule has 4 rings (SSSR count). The molecule has 86 valence electrons. The van der Waals surface area contributed by atoms with Gasteiger partial charge in [0.1, 0.15) is 0 Å². The summed E-state index contributed by atoms with van der Waals surface area (Å²) >= 11 is 0. The van der Waals surface area contributed by atoms with Gasteiger partial charge in [-0.25, -0.2) is 0 Å². The quantitative estimate of drug-likeness (QED) is 0.640. The first-order chi connectivity index (χ1) is 7.63. The van der Waals surface area contributed by atoms with Crippen LogP contribution in [-0.2, 0) is 0 Å². The van der Waals surface area contributed by atoms with E-state index in [1.807, 2.05) is 6.92 Å². The van der Waals surface area contributed by atoms with Gasteiger partial charge in [-0.2, -0.15) is 5.26 Å². The predicted molar refractivity (Wildman–Crippen MR) is 64.5 cm³/mol. The summed E-state index contributed by atoms with van der Waals surface area (Å²) < 4.78 is 0. The molecule has 0 N–H and O–H groups in total. The minimum atomic E-state index is 0.0521. The first-order valence-corrected chi connectivity index (χ1v) is 6.72. The van der Waals surface area contributed by atoms with Crippen molar-refractivity contribution in [3.8, 4) is 6.07 Å². The van der Waals surface area contributed by atoms with Crippen LogP contribution in [0.5, 0.6) is 0 Å². The van der Waals surface area contributed by atoms with Crippen molar-refractivity contribution in [2.24, 2.45) is 29.1 Å². The number of hydrogen-bond donors (Lipinski definition) is 0. The van der Waals surface area contributed by atoms with Gasteiger partial charge in [0, 0.05) is 0 Å². The average molecular weight is 215 g/mol. The van der Waals surface area contributed by atoms with Crippen molar-refractivity contribution in [1.29, 1.82) is 5.26 Å². The van der Waals surface area contributed by atoms with E-state index in [-0.39, 0.29) is 5.92 Å². The van der Waals surface area contributed by atoms with E-state index in [9.17, 15) is 0 Å². The van der Waals surface area contributed by atoms with Gasteiger partial charge < -0.3 is 0 Å². The number of allylic oxidation sites excluding steroid dienone is 1. The Labute approximate surface area is 98.5 Å². The molecule has 4 aliphatic rings. The average Bonchev–Trinajstić information content (AvgIpc) is 2.25. The molecule has 0 heterocycles. The molecule has 0 aliphatic heterocycles. The molecule has 1 heteroatoms. The highest BCUT2D eigenvalue weighted by Gasteiger charge is 2.52. The highest BCUT2D eigenvalue weighted by Crippen LogP contribution is 2.63. The third-order valence-corrected chi connectivity index (χ3v) is 5.44. The van der Waals surface area contributed by atoms with Gasteiger partial charge in [0.25, 0.3) is 0 Å². The van der Waals surface area contributed by atoms with Crippen molar-refractivity contribution in [3.05, 3.63) is 12.2 Å². The maximum atomic E-state index is 9.10. The zero-order valence-corrected chi connectivity index (χ0v) is 10.2. The summed E-state index contributed by atoms with van der Waals surface area (Å²) in [5.41, 5.74) is 1.62. The molecular weight excluding hydrogens is 194 g/mol. The second-order valence-corrected chi connectivity index (χ2v) is 6.57. The van der Waals surface area contributed by atoms with Crippen LogP contribution in [0, 0.1) is 40.4 Å². The van der Waals surface area contributed by atoms with E-state index in [1.165, 1.54) is 44.1 Å². The van der Waals surface area contributed by atoms with Crippen molar-refractivity contribution in [3.63, 3.8) is 0 Å². The monoisotopic (exact) mass is 215 g/mol. The molecule has 1 unspecified atom stereocenters. The standard InChI is InChI=1S/C15H21N/c1-10(9-16)11(2)15-6-12-3-13(7-15)5-14(4-12)8-15/h10,12-14H,2-8H2,1H3. The molecule has 0 aromatic heterocycles. The SMILES string of the molecule is C=C(C(C)C#N)C12CC3CC(CC(C3)C1)C2. The van der Waals surface area contributed by atoms with Crippen LogP contribution < -0.4 is 0 Å². The first kappa shape index (κ1) is 10.4. The molecule has 0 aromatic rings. The van der Waals surface area contributed by atoms with E-state index in [0.717, 1.165) is 17.8 Å². The van der Waals surface area contributed by atoms with E-state index in [2.05, 4.69) is 12.6 Å². The second kappa shape index (κ2) is 3.36. The minimum Gasteiger partial charge on any atom is -0.198 e. The van der Waals surface area contributed by atoms with Crippen LogP contribution >= 0.6 is 0 Å². The van der Waals surface area contributed by atoms with Crippen molar-refractivity contribution in [1.82, 2.24) is 0 Å². The number of nitriles is 1. The van der Waals surface area contributed by atoms with Gasteiger partial charge >= 0.3 is 0 Å². The van der Waals surface area contributed by atoms with Crippen molar-refractivity contribution >= 4 is 0 Å². The lowest BCUT2D eigenvalue weighted by molar-refractivity contribution is -0.0333. The summed E-state index contributed by atoms with van der Waals surface area (Å²) in [6, 6.07) is 2.39. The van der Waals surface area contributed by atoms with Crippen LogP contribution in [0.15, 0.2) is 12.2 Å². The summed E-state index contributed by atoms with van der Waals surface area (Å²) in [6.45, 7) is 6.32. The fraction of sp³-hybridized carbons (Fsp3) is 0.800. The Morgan fingerprint density at radius 3 is 2.00 bits per heavy atom. The van der Waals surface area contributed by atoms with E-state index in [4.69, 9.17) is 5.26 Å². The molecule has 4 saturated carbocycles. The highest BCUT2D eigenvalue weighted by atomic mass is 14.6. The number of hydrogen-bond acceptors (Lipinski definition) is 1. The summed E-state index contributed by atoms with van der Waals surface area (Å²) in [7, 11) is 0. The third kappa shape index (κ3) is 1.35. The van der Waals surface area contributed by atoms with Crippen LogP contribution in [0.4, 0.5) is 0 Å². The lowest BCUT2D eigenvalue weighted by Crippen LogP contribution is -2.47. The zero-order valence-electron chi connectivity index (χ0n) is 10.2. The Morgan fingerprint density at radius 1 is 1.19 bits per heavy atom. The Bertz CT molecular complexity index is 325. The largest absolute Gasteiger partial charge is 0.198 e. The van der Waals surface area contributed by atoms with Crippen molar-refractivity contribution in [2.45, 2.75) is 45.4 Å². The molecule has 0 aromatic carbocycles. The molecule has 1 atom stereocenters. The Kier molecular flexibility index (Phi) is 2.18. The van der Waals surface area contributed by atoms with Crippen LogP contribution in [-0.4, -0.2) is 0 Å². The molecule has 4 aliphatic carbocycles. The maximum Gasteiger partial charge on any atom is 0.0697 e. The lowest BCUT2D eigenvalue weighted by atomic mass is 9.47. The summed E-state index contributed by atoms with van der Waals surface area (Å²) in [5.74, 6) is 2.91. The summed E-state index contributed by atoms with van der Waals surface area (Å²) in [5, 5.41) is 9.10. The van der Waals surface area contributed by atoms with E-state index in [1.54, 1.807) is 0 Å². The Morgan fingerprint density at radius 2 is 1.62 bits per heavy atom. The fourth-order valence-corrected chi connectivity index (χ4v) is 5.04. The van der Waals surface area contributed by atoms with Gasteiger partial charge in [-0.3, -0.25) is 0 Å². The van der Waals surface area contributed by atoms with E-state index in [0.29, 0.717) is 5.41 Å². The lowest BCUT2D eigenvalue weighted by Gasteiger charge is -2.58. The normalized spacial score (nSPS) is 46.4. The van der Waals surface area contributed by atoms with Gasteiger partial charge in [0.2, 0.25) is 0 Å². The summed E-state index contributed by atoms with van der Waals surface area (Å²) in [6.07, 6.45) is 8.41. The van der Waals surface area contributed by atoms with E-state index < -0.39 is 0 Å². The zero-order chi connectivity index (χ0) is 11.3. The minimum absolute atomic E-state index is 0.0521. The fourth-order valence-electron chi connectivity index (χ4n) is 5.04. The van der Waals surface area contributed by atoms with Gasteiger partial charge in [-0.15, -0.1) is 0 Å². The first-order valence-electron chi connectivity index (χ1n) is 6.72. The van der Waals surface area contributed by atoms with Crippen molar-refractivity contribution in [2.75, 3.05) is 0 Å². The van der Waals surface area contributed by atoms with Gasteiger partial charge in [-0.1, -0.05) is 12.2 Å². The number of rotatable bonds is 2. The number of nitrogens with zero attached hydrogens (tertiary/aromatic N) is 1. The van der Waals surface area contributed by atoms with Gasteiger partial charge in [0.15, 0.2) is 0 Å². The van der Waals surface area contributed by atoms with E-state index >= 15 is 0 Å². The predicted octanol–water partition coefficient (Wildman–Crippen LogP) is 3.92. The van der Waals surface area contributed by atoms with Gasteiger partial charge in [0.05, 0.1) is 12.0 Å². The molecule has 0 amide bonds. The Hall–Kier alpha value is -0.770. The topological polar surface area (TPSA) is 23.8 Å². The molecule has 0 saturated heterocycles. The van der Waals surface area contributed by atoms with Crippen LogP contribution in [0.3, 0.4) is 0 Å². The molecule has 0 radical (unpaired) electrons. The molecule has 1 nitrogen and oxygen atoms in total. The van der Waals surface area contributed by atoms with Crippen LogP contribution in [0.2, 0.25) is 0 Å². The van der Waals surface area contributed by atoms with Crippen LogP contribution in [0.25, 0.3) is 0 Å². The van der Waals surface area contributed by atoms with Crippen molar-refractivity contribution < 1.29 is 0 Å². The smallest absolute Gasteiger partial charge is 0.0697 e. The highest BCUT2D eigenvalue weighted by molar-refractivity contribution is 5.23. The Balaban J connectivity index is 1.89. The second-order valence-electron chi connectivity index (χ2n) is 6.57. The molecule has 16 heavy (non-hydrogen) atoms. The maximum absolute atomic E-state index is 9.10. The van der Waals surface area contributed by atoms with Gasteiger partial charge in [-0.05, 0) is 68.6 Å². The van der Waals surface area contributed by atoms with Crippen LogP contribution in [0.1, 0.15) is 45.4 Å². The molecule has 4 bridgehead atoms. The summed E-state index contributed by atoms with van der Waals surface area (Å²) in [4.78, 5) is 0. The molecular formula is C15H21N.